The van der Waals surface area contributed by atoms with E-state index < -0.39 is 0 Å². The quantitative estimate of drug-likeness (QED) is 0.790. The van der Waals surface area contributed by atoms with E-state index in [1.807, 2.05) is 60.7 Å². The molecule has 0 atom stereocenters. The van der Waals surface area contributed by atoms with Crippen LogP contribution in [0.25, 0.3) is 5.57 Å². The van der Waals surface area contributed by atoms with Crippen molar-refractivity contribution in [3.63, 3.8) is 0 Å². The number of hydrogen-bond donors (Lipinski definition) is 2. The first-order valence-electron chi connectivity index (χ1n) is 5.46. The number of hydrogen-bond acceptors (Lipinski definition) is 2. The topological polar surface area (TPSA) is 40.5 Å². The fraction of sp³-hybridized carbons (Fsp3) is 0.0667. The lowest BCUT2D eigenvalue weighted by Crippen LogP contribution is -1.97. The Morgan fingerprint density at radius 3 is 1.53 bits per heavy atom. The average Bonchev–Trinajstić information content (AvgIpc) is 2.41. The summed E-state index contributed by atoms with van der Waals surface area (Å²) in [5.41, 5.74) is 2.46. The molecule has 0 radical (unpaired) electrons. The second-order valence-corrected chi connectivity index (χ2v) is 3.71. The van der Waals surface area contributed by atoms with Crippen molar-refractivity contribution in [1.29, 1.82) is 0 Å². The van der Waals surface area contributed by atoms with Gasteiger partial charge in [-0.25, -0.2) is 0 Å². The van der Waals surface area contributed by atoms with Gasteiger partial charge in [-0.1, -0.05) is 60.7 Å². The van der Waals surface area contributed by atoms with Gasteiger partial charge in [-0.05, 0) is 11.1 Å². The molecule has 0 amide bonds. The molecule has 0 saturated heterocycles. The van der Waals surface area contributed by atoms with Crippen molar-refractivity contribution in [3.05, 3.63) is 77.5 Å². The first-order valence-corrected chi connectivity index (χ1v) is 5.46. The van der Waals surface area contributed by atoms with Crippen LogP contribution in [0.1, 0.15) is 11.1 Å². The first kappa shape index (κ1) is 11.4. The summed E-state index contributed by atoms with van der Waals surface area (Å²) in [6.45, 7) is -0.362. The van der Waals surface area contributed by atoms with Crippen molar-refractivity contribution >= 4 is 5.57 Å². The summed E-state index contributed by atoms with van der Waals surface area (Å²) >= 11 is 0. The molecule has 0 aliphatic rings. The maximum absolute atomic E-state index is 9.85. The first-order chi connectivity index (χ1) is 8.33. The van der Waals surface area contributed by atoms with Gasteiger partial charge in [0.1, 0.15) is 12.4 Å². The van der Waals surface area contributed by atoms with E-state index in [0.29, 0.717) is 5.57 Å². The lowest BCUT2D eigenvalue weighted by atomic mass is 9.97. The number of aliphatic hydroxyl groups is 2. The second-order valence-electron chi connectivity index (χ2n) is 3.71. The van der Waals surface area contributed by atoms with Gasteiger partial charge in [-0.3, -0.25) is 0 Å². The molecule has 0 heterocycles. The minimum Gasteiger partial charge on any atom is -0.509 e. The van der Waals surface area contributed by atoms with Crippen LogP contribution in [0, 0.1) is 0 Å². The molecular weight excluding hydrogens is 212 g/mol. The van der Waals surface area contributed by atoms with Crippen LogP contribution < -0.4 is 0 Å². The fourth-order valence-corrected chi connectivity index (χ4v) is 1.79. The van der Waals surface area contributed by atoms with E-state index in [0.717, 1.165) is 11.1 Å². The zero-order valence-corrected chi connectivity index (χ0v) is 9.38. The Hall–Kier alpha value is -2.06. The summed E-state index contributed by atoms with van der Waals surface area (Å²) in [7, 11) is 0. The van der Waals surface area contributed by atoms with Gasteiger partial charge in [-0.2, -0.15) is 0 Å². The predicted molar refractivity (Wildman–Crippen MR) is 68.6 cm³/mol. The molecule has 86 valence electrons. The molecule has 17 heavy (non-hydrogen) atoms. The minimum atomic E-state index is -0.362. The Balaban J connectivity index is 2.56. The molecule has 0 fully saturated rings. The Kier molecular flexibility index (Phi) is 3.58. The number of rotatable bonds is 3. The molecule has 2 heteroatoms. The van der Waals surface area contributed by atoms with E-state index in [-0.39, 0.29) is 12.4 Å². The van der Waals surface area contributed by atoms with Gasteiger partial charge < -0.3 is 10.2 Å². The van der Waals surface area contributed by atoms with E-state index in [1.54, 1.807) is 0 Å². The van der Waals surface area contributed by atoms with Gasteiger partial charge in [0.15, 0.2) is 0 Å². The standard InChI is InChI=1S/C15H14O2/c16-11-14(17)15(12-7-3-1-4-8-12)13-9-5-2-6-10-13/h1-10,16-17H,11H2. The number of benzene rings is 2. The predicted octanol–water partition coefficient (Wildman–Crippen LogP) is 3.00. The van der Waals surface area contributed by atoms with Gasteiger partial charge >= 0.3 is 0 Å². The highest BCUT2D eigenvalue weighted by atomic mass is 16.3. The summed E-state index contributed by atoms with van der Waals surface area (Å²) in [5, 5.41) is 19.0. The van der Waals surface area contributed by atoms with Crippen LogP contribution in [0.15, 0.2) is 66.4 Å². The van der Waals surface area contributed by atoms with Crippen molar-refractivity contribution in [2.24, 2.45) is 0 Å². The third-order valence-electron chi connectivity index (χ3n) is 2.56. The Morgan fingerprint density at radius 1 is 0.765 bits per heavy atom. The van der Waals surface area contributed by atoms with Crippen molar-refractivity contribution in [1.82, 2.24) is 0 Å². The van der Waals surface area contributed by atoms with Crippen LogP contribution in [-0.4, -0.2) is 16.8 Å². The molecule has 0 aliphatic heterocycles. The molecule has 2 rings (SSSR count). The molecule has 2 nitrogen and oxygen atoms in total. The normalized spacial score (nSPS) is 9.94. The van der Waals surface area contributed by atoms with Crippen LogP contribution in [0.3, 0.4) is 0 Å². The Bertz CT molecular complexity index is 459. The highest BCUT2D eigenvalue weighted by Gasteiger charge is 2.09. The van der Waals surface area contributed by atoms with Gasteiger partial charge in [0.25, 0.3) is 0 Å². The molecule has 0 saturated carbocycles. The molecule has 2 N–H and O–H groups in total. The zero-order valence-electron chi connectivity index (χ0n) is 9.38. The Morgan fingerprint density at radius 2 is 1.18 bits per heavy atom. The summed E-state index contributed by atoms with van der Waals surface area (Å²) < 4.78 is 0. The largest absolute Gasteiger partial charge is 0.509 e. The highest BCUT2D eigenvalue weighted by molar-refractivity contribution is 5.81. The summed E-state index contributed by atoms with van der Waals surface area (Å²) in [6.07, 6.45) is 0. The second kappa shape index (κ2) is 5.32. The monoisotopic (exact) mass is 226 g/mol. The minimum absolute atomic E-state index is 0.0117. The van der Waals surface area contributed by atoms with Gasteiger partial charge in [-0.15, -0.1) is 0 Å². The SMILES string of the molecule is OCC(O)=C(c1ccccc1)c1ccccc1. The van der Waals surface area contributed by atoms with Crippen molar-refractivity contribution in [2.45, 2.75) is 0 Å². The maximum atomic E-state index is 9.85. The molecular formula is C15H14O2. The lowest BCUT2D eigenvalue weighted by molar-refractivity contribution is 0.255. The van der Waals surface area contributed by atoms with E-state index in [9.17, 15) is 5.11 Å². The van der Waals surface area contributed by atoms with Crippen molar-refractivity contribution in [2.75, 3.05) is 6.61 Å². The molecule has 0 aliphatic carbocycles. The van der Waals surface area contributed by atoms with Crippen LogP contribution in [0.2, 0.25) is 0 Å². The van der Waals surface area contributed by atoms with Crippen LogP contribution >= 0.6 is 0 Å². The third kappa shape index (κ3) is 2.55. The van der Waals surface area contributed by atoms with Crippen LogP contribution in [0.4, 0.5) is 0 Å². The fourth-order valence-electron chi connectivity index (χ4n) is 1.79. The molecule has 0 unspecified atom stereocenters. The highest BCUT2D eigenvalue weighted by Crippen LogP contribution is 2.25. The maximum Gasteiger partial charge on any atom is 0.126 e. The van der Waals surface area contributed by atoms with Gasteiger partial charge in [0.05, 0.1) is 0 Å². The van der Waals surface area contributed by atoms with Crippen LogP contribution in [-0.2, 0) is 0 Å². The van der Waals surface area contributed by atoms with E-state index >= 15 is 0 Å². The summed E-state index contributed by atoms with van der Waals surface area (Å²) in [6, 6.07) is 19.1. The summed E-state index contributed by atoms with van der Waals surface area (Å²) in [5.74, 6) is -0.0117. The van der Waals surface area contributed by atoms with Gasteiger partial charge in [0, 0.05) is 5.57 Å². The smallest absolute Gasteiger partial charge is 0.126 e. The molecule has 0 aromatic heterocycles. The van der Waals surface area contributed by atoms with E-state index in [2.05, 4.69) is 0 Å². The van der Waals surface area contributed by atoms with Crippen molar-refractivity contribution < 1.29 is 10.2 Å². The molecule has 0 bridgehead atoms. The molecule has 0 spiro atoms. The zero-order chi connectivity index (χ0) is 12.1. The molecule has 2 aromatic carbocycles. The number of aliphatic hydroxyl groups excluding tert-OH is 2. The lowest BCUT2D eigenvalue weighted by Gasteiger charge is -2.10. The van der Waals surface area contributed by atoms with Gasteiger partial charge in [0.2, 0.25) is 0 Å². The summed E-state index contributed by atoms with van der Waals surface area (Å²) in [4.78, 5) is 0. The van der Waals surface area contributed by atoms with Crippen LogP contribution in [0.5, 0.6) is 0 Å². The molecule has 2 aromatic rings. The third-order valence-corrected chi connectivity index (χ3v) is 2.56. The average molecular weight is 226 g/mol. The van der Waals surface area contributed by atoms with E-state index in [1.165, 1.54) is 0 Å². The van der Waals surface area contributed by atoms with E-state index in [4.69, 9.17) is 5.11 Å². The Labute approximate surface area is 100 Å². The van der Waals surface area contributed by atoms with Crippen molar-refractivity contribution in [3.8, 4) is 0 Å².